The number of aliphatic hydroxyl groups excluding tert-OH is 1. The van der Waals surface area contributed by atoms with Crippen molar-refractivity contribution in [2.24, 2.45) is 0 Å². The number of hydrogen-bond donors (Lipinski definition) is 1. The molecule has 1 aromatic heterocycles. The summed E-state index contributed by atoms with van der Waals surface area (Å²) in [5.74, 6) is -1.00. The molecule has 4 atom stereocenters. The predicted octanol–water partition coefficient (Wildman–Crippen LogP) is -0.408. The highest BCUT2D eigenvalue weighted by molar-refractivity contribution is 4.87. The van der Waals surface area contributed by atoms with Gasteiger partial charge in [-0.2, -0.15) is 5.10 Å². The van der Waals surface area contributed by atoms with Gasteiger partial charge in [-0.1, -0.05) is 6.10 Å². The summed E-state index contributed by atoms with van der Waals surface area (Å²) in [6.07, 6.45) is -3.15. The average Bonchev–Trinajstić information content (AvgIpc) is 2.84. The molecule has 1 aliphatic heterocycles. The van der Waals surface area contributed by atoms with Crippen molar-refractivity contribution in [3.05, 3.63) is 18.5 Å². The first-order chi connectivity index (χ1) is 8.41. The first kappa shape index (κ1) is 13.4. The van der Waals surface area contributed by atoms with Crippen LogP contribution in [0.4, 0.5) is 4.39 Å². The van der Waals surface area contributed by atoms with Crippen molar-refractivity contribution >= 4 is 0 Å². The zero-order valence-electron chi connectivity index (χ0n) is 10.2. The van der Waals surface area contributed by atoms with Gasteiger partial charge in [-0.05, 0) is 19.9 Å². The Labute approximate surface area is 104 Å². The van der Waals surface area contributed by atoms with Gasteiger partial charge in [-0.15, -0.1) is 0 Å². The second-order valence-corrected chi connectivity index (χ2v) is 4.68. The van der Waals surface area contributed by atoms with Gasteiger partial charge in [-0.3, -0.25) is 0 Å². The maximum atomic E-state index is 14.0. The number of ether oxygens (including phenoxy) is 2. The fraction of sp³-hybridized carbons (Fsp3) is 0.727. The molecule has 1 aliphatic rings. The van der Waals surface area contributed by atoms with Crippen molar-refractivity contribution in [3.63, 3.8) is 0 Å². The van der Waals surface area contributed by atoms with E-state index in [9.17, 15) is 14.6 Å². The molecule has 1 aromatic rings. The van der Waals surface area contributed by atoms with Gasteiger partial charge < -0.3 is 19.7 Å². The third kappa shape index (κ3) is 2.69. The van der Waals surface area contributed by atoms with Gasteiger partial charge in [0.15, 0.2) is 5.79 Å². The fourth-order valence-corrected chi connectivity index (χ4v) is 1.84. The quantitative estimate of drug-likeness (QED) is 0.798. The summed E-state index contributed by atoms with van der Waals surface area (Å²) < 4.78 is 25.3. The molecule has 0 bridgehead atoms. The molecule has 1 fully saturated rings. The van der Waals surface area contributed by atoms with Crippen LogP contribution in [0.1, 0.15) is 20.1 Å². The second kappa shape index (κ2) is 4.93. The van der Waals surface area contributed by atoms with Crippen molar-refractivity contribution in [1.82, 2.24) is 9.78 Å². The summed E-state index contributed by atoms with van der Waals surface area (Å²) in [7, 11) is 0. The molecule has 2 rings (SSSR count). The number of aromatic nitrogens is 2. The molecule has 0 saturated carbocycles. The van der Waals surface area contributed by atoms with Crippen molar-refractivity contribution in [3.8, 4) is 0 Å². The molecule has 6 nitrogen and oxygen atoms in total. The summed E-state index contributed by atoms with van der Waals surface area (Å²) in [4.78, 5) is 0. The monoisotopic (exact) mass is 259 g/mol. The lowest BCUT2D eigenvalue weighted by Gasteiger charge is -2.46. The highest BCUT2D eigenvalue weighted by Crippen LogP contribution is 2.27. The van der Waals surface area contributed by atoms with E-state index in [1.807, 2.05) is 0 Å². The number of nitrogens with zero attached hydrogens (tertiary/aromatic N) is 2. The summed E-state index contributed by atoms with van der Waals surface area (Å²) in [5, 5.41) is 25.3. The Morgan fingerprint density at radius 3 is 2.94 bits per heavy atom. The molecule has 0 radical (unpaired) electrons. The fourth-order valence-electron chi connectivity index (χ4n) is 1.84. The van der Waals surface area contributed by atoms with Crippen LogP contribution >= 0.6 is 0 Å². The molecular formula is C11H16FN2O4-. The first-order valence-corrected chi connectivity index (χ1v) is 5.69. The van der Waals surface area contributed by atoms with Crippen LogP contribution in [0.3, 0.4) is 0 Å². The lowest BCUT2D eigenvalue weighted by Crippen LogP contribution is -2.59. The minimum Gasteiger partial charge on any atom is -0.848 e. The van der Waals surface area contributed by atoms with Gasteiger partial charge in [0.2, 0.25) is 6.30 Å². The van der Waals surface area contributed by atoms with E-state index in [4.69, 9.17) is 9.47 Å². The van der Waals surface area contributed by atoms with Gasteiger partial charge in [0, 0.05) is 19.0 Å². The summed E-state index contributed by atoms with van der Waals surface area (Å²) in [6.45, 7) is 3.10. The van der Waals surface area contributed by atoms with Crippen molar-refractivity contribution in [2.75, 3.05) is 6.61 Å². The zero-order chi connectivity index (χ0) is 13.3. The van der Waals surface area contributed by atoms with Crippen LogP contribution < -0.4 is 5.11 Å². The zero-order valence-corrected chi connectivity index (χ0v) is 10.2. The lowest BCUT2D eigenvalue weighted by molar-refractivity contribution is -0.490. The molecule has 0 aliphatic carbocycles. The molecule has 1 saturated heterocycles. The highest BCUT2D eigenvalue weighted by atomic mass is 19.1. The van der Waals surface area contributed by atoms with Gasteiger partial charge in [-0.25, -0.2) is 9.07 Å². The summed E-state index contributed by atoms with van der Waals surface area (Å²) in [6, 6.07) is 1.53. The number of halogens is 1. The van der Waals surface area contributed by atoms with E-state index < -0.39 is 30.4 Å². The average molecular weight is 259 g/mol. The molecule has 0 spiro atoms. The summed E-state index contributed by atoms with van der Waals surface area (Å²) >= 11 is 0. The maximum absolute atomic E-state index is 14.0. The van der Waals surface area contributed by atoms with Crippen LogP contribution in [0.25, 0.3) is 0 Å². The predicted molar refractivity (Wildman–Crippen MR) is 57.1 cm³/mol. The summed E-state index contributed by atoms with van der Waals surface area (Å²) in [5.41, 5.74) is 0. The number of aliphatic hydroxyl groups is 1. The Balaban J connectivity index is 2.09. The minimum atomic E-state index is -1.82. The van der Waals surface area contributed by atoms with E-state index in [1.54, 1.807) is 13.8 Å². The van der Waals surface area contributed by atoms with Gasteiger partial charge >= 0.3 is 0 Å². The number of rotatable bonds is 3. The largest absolute Gasteiger partial charge is 0.848 e. The van der Waals surface area contributed by atoms with Crippen LogP contribution in [0.2, 0.25) is 0 Å². The smallest absolute Gasteiger partial charge is 0.219 e. The van der Waals surface area contributed by atoms with E-state index >= 15 is 0 Å². The van der Waals surface area contributed by atoms with Crippen LogP contribution in [-0.4, -0.2) is 45.6 Å². The molecule has 18 heavy (non-hydrogen) atoms. The normalized spacial score (nSPS) is 30.9. The van der Waals surface area contributed by atoms with Crippen LogP contribution in [0.15, 0.2) is 18.5 Å². The molecule has 7 heteroatoms. The SMILES string of the molecule is CC1(C)OC[C@@H]([O-])[C@H]([C@@H](O)[C@H](F)n2cccn2)O1. The Morgan fingerprint density at radius 1 is 1.61 bits per heavy atom. The Morgan fingerprint density at radius 2 is 2.33 bits per heavy atom. The minimum absolute atomic E-state index is 0.124. The van der Waals surface area contributed by atoms with E-state index in [1.165, 1.54) is 18.5 Å². The highest BCUT2D eigenvalue weighted by Gasteiger charge is 2.39. The van der Waals surface area contributed by atoms with Crippen molar-refractivity contribution in [1.29, 1.82) is 0 Å². The second-order valence-electron chi connectivity index (χ2n) is 4.68. The topological polar surface area (TPSA) is 79.6 Å². The Hall–Kier alpha value is -1.02. The van der Waals surface area contributed by atoms with E-state index in [2.05, 4.69) is 5.10 Å². The molecule has 0 amide bonds. The number of hydrogen-bond acceptors (Lipinski definition) is 5. The van der Waals surface area contributed by atoms with Crippen LogP contribution in [0, 0.1) is 0 Å². The maximum Gasteiger partial charge on any atom is 0.219 e. The third-order valence-corrected chi connectivity index (χ3v) is 2.78. The third-order valence-electron chi connectivity index (χ3n) is 2.78. The lowest BCUT2D eigenvalue weighted by atomic mass is 10.1. The molecule has 0 unspecified atom stereocenters. The van der Waals surface area contributed by atoms with E-state index in [-0.39, 0.29) is 6.61 Å². The Kier molecular flexibility index (Phi) is 3.67. The van der Waals surface area contributed by atoms with E-state index in [0.717, 1.165) is 4.68 Å². The molecule has 0 aromatic carbocycles. The van der Waals surface area contributed by atoms with Gasteiger partial charge in [0.1, 0.15) is 6.10 Å². The number of alkyl halides is 1. The Bertz CT molecular complexity index is 384. The van der Waals surface area contributed by atoms with Gasteiger partial charge in [0.05, 0.1) is 6.10 Å². The standard InChI is InChI=1S/C11H16FN2O4/c1-11(2)17-6-7(15)9(18-11)8(16)10(12)14-5-3-4-13-14/h3-5,7-10,16H,6H2,1-2H3/q-1/t7-,8-,9-,10-/m1/s1. The molecule has 102 valence electrons. The van der Waals surface area contributed by atoms with Crippen molar-refractivity contribution in [2.45, 2.75) is 44.2 Å². The van der Waals surface area contributed by atoms with E-state index in [0.29, 0.717) is 0 Å². The molecule has 1 N–H and O–H groups in total. The molecule has 2 heterocycles. The molecular weight excluding hydrogens is 243 g/mol. The van der Waals surface area contributed by atoms with Crippen LogP contribution in [0.5, 0.6) is 0 Å². The van der Waals surface area contributed by atoms with Gasteiger partial charge in [0.25, 0.3) is 0 Å². The van der Waals surface area contributed by atoms with Crippen LogP contribution in [-0.2, 0) is 9.47 Å². The first-order valence-electron chi connectivity index (χ1n) is 5.69. The van der Waals surface area contributed by atoms with Crippen molar-refractivity contribution < 1.29 is 24.1 Å².